The third-order valence-electron chi connectivity index (χ3n) is 6.54. The second-order valence-electron chi connectivity index (χ2n) is 8.61. The molecule has 33 heavy (non-hydrogen) atoms. The predicted molar refractivity (Wildman–Crippen MR) is 122 cm³/mol. The summed E-state index contributed by atoms with van der Waals surface area (Å²) in [5.41, 5.74) is 0.490. The van der Waals surface area contributed by atoms with Crippen molar-refractivity contribution in [3.8, 4) is 11.5 Å². The zero-order valence-corrected chi connectivity index (χ0v) is 19.2. The molecule has 174 valence electrons. The topological polar surface area (TPSA) is 88.2 Å². The van der Waals surface area contributed by atoms with E-state index in [1.54, 1.807) is 50.3 Å². The summed E-state index contributed by atoms with van der Waals surface area (Å²) in [5, 5.41) is 2.76. The largest absolute Gasteiger partial charge is 0.497 e. The molecule has 8 nitrogen and oxygen atoms in total. The Kier molecular flexibility index (Phi) is 6.26. The van der Waals surface area contributed by atoms with Crippen molar-refractivity contribution in [3.05, 3.63) is 59.7 Å². The van der Waals surface area contributed by atoms with Crippen LogP contribution in [-0.4, -0.2) is 61.0 Å². The van der Waals surface area contributed by atoms with Gasteiger partial charge in [0.2, 0.25) is 5.91 Å². The summed E-state index contributed by atoms with van der Waals surface area (Å²) in [7, 11) is 3.19. The minimum absolute atomic E-state index is 0.0262. The minimum Gasteiger partial charge on any atom is -0.497 e. The van der Waals surface area contributed by atoms with Crippen LogP contribution >= 0.6 is 0 Å². The van der Waals surface area contributed by atoms with Crippen LogP contribution in [0.5, 0.6) is 11.5 Å². The van der Waals surface area contributed by atoms with Gasteiger partial charge in [-0.25, -0.2) is 4.79 Å². The summed E-state index contributed by atoms with van der Waals surface area (Å²) in [6.07, 6.45) is 2.48. The molecule has 4 amide bonds. The van der Waals surface area contributed by atoms with Gasteiger partial charge >= 0.3 is 6.03 Å². The summed E-state index contributed by atoms with van der Waals surface area (Å²) >= 11 is 0. The van der Waals surface area contributed by atoms with Crippen molar-refractivity contribution in [3.63, 3.8) is 0 Å². The van der Waals surface area contributed by atoms with Gasteiger partial charge in [-0.1, -0.05) is 24.3 Å². The van der Waals surface area contributed by atoms with Crippen LogP contribution in [0.15, 0.2) is 48.5 Å². The first-order valence-electron chi connectivity index (χ1n) is 11.1. The SMILES string of the molecule is COc1ccc(C2(C)NC(=O)N(CC(=O)N3CCCC3Cc3cccc(OC)c3)C2=O)cc1. The molecular weight excluding hydrogens is 422 g/mol. The number of imide groups is 1. The van der Waals surface area contributed by atoms with E-state index in [0.29, 0.717) is 24.3 Å². The van der Waals surface area contributed by atoms with E-state index >= 15 is 0 Å². The molecule has 8 heteroatoms. The summed E-state index contributed by atoms with van der Waals surface area (Å²) < 4.78 is 10.5. The Morgan fingerprint density at radius 2 is 1.82 bits per heavy atom. The molecule has 2 aromatic carbocycles. The number of methoxy groups -OCH3 is 2. The molecule has 0 aliphatic carbocycles. The van der Waals surface area contributed by atoms with E-state index < -0.39 is 17.5 Å². The highest BCUT2D eigenvalue weighted by atomic mass is 16.5. The van der Waals surface area contributed by atoms with E-state index in [0.717, 1.165) is 29.1 Å². The third-order valence-corrected chi connectivity index (χ3v) is 6.54. The molecule has 2 saturated heterocycles. The van der Waals surface area contributed by atoms with Crippen LogP contribution in [-0.2, 0) is 21.5 Å². The second-order valence-corrected chi connectivity index (χ2v) is 8.61. The van der Waals surface area contributed by atoms with E-state index in [1.807, 2.05) is 24.3 Å². The summed E-state index contributed by atoms with van der Waals surface area (Å²) in [6.45, 7) is 2.00. The standard InChI is InChI=1S/C25H29N3O5/c1-25(18-9-11-20(32-2)12-10-18)23(30)28(24(31)26-25)16-22(29)27-13-5-7-19(27)14-17-6-4-8-21(15-17)33-3/h4,6,8-12,15,19H,5,7,13-14,16H2,1-3H3,(H,26,31). The number of benzene rings is 2. The quantitative estimate of drug-likeness (QED) is 0.654. The molecule has 2 atom stereocenters. The van der Waals surface area contributed by atoms with Crippen molar-refractivity contribution in [1.82, 2.24) is 15.1 Å². The molecular formula is C25H29N3O5. The highest BCUT2D eigenvalue weighted by Gasteiger charge is 2.50. The molecule has 2 unspecified atom stereocenters. The number of rotatable bonds is 7. The van der Waals surface area contributed by atoms with Gasteiger partial charge in [0, 0.05) is 12.6 Å². The van der Waals surface area contributed by atoms with Crippen LogP contribution in [0.25, 0.3) is 0 Å². The van der Waals surface area contributed by atoms with Crippen molar-refractivity contribution in [1.29, 1.82) is 0 Å². The first kappa shape index (κ1) is 22.6. The van der Waals surface area contributed by atoms with Crippen molar-refractivity contribution in [2.45, 2.75) is 37.8 Å². The van der Waals surface area contributed by atoms with Gasteiger partial charge in [0.1, 0.15) is 23.6 Å². The fourth-order valence-electron chi connectivity index (χ4n) is 4.63. The summed E-state index contributed by atoms with van der Waals surface area (Å²) in [5.74, 6) is 0.778. The highest BCUT2D eigenvalue weighted by Crippen LogP contribution is 2.30. The van der Waals surface area contributed by atoms with Gasteiger partial charge in [-0.05, 0) is 61.6 Å². The molecule has 2 aliphatic rings. The lowest BCUT2D eigenvalue weighted by molar-refractivity contribution is -0.139. The molecule has 0 saturated carbocycles. The van der Waals surface area contributed by atoms with E-state index in [2.05, 4.69) is 5.32 Å². The van der Waals surface area contributed by atoms with E-state index in [1.165, 1.54) is 0 Å². The Labute approximate surface area is 193 Å². The number of hydrogen-bond donors (Lipinski definition) is 1. The van der Waals surface area contributed by atoms with Crippen LogP contribution in [0.1, 0.15) is 30.9 Å². The van der Waals surface area contributed by atoms with Crippen molar-refractivity contribution in [2.24, 2.45) is 0 Å². The fraction of sp³-hybridized carbons (Fsp3) is 0.400. The number of carbonyl (C=O) groups excluding carboxylic acids is 3. The molecule has 0 spiro atoms. The molecule has 2 fully saturated rings. The molecule has 1 N–H and O–H groups in total. The Bertz CT molecular complexity index is 1050. The normalized spacial score (nSPS) is 22.5. The number of hydrogen-bond acceptors (Lipinski definition) is 5. The van der Waals surface area contributed by atoms with Crippen LogP contribution in [0.2, 0.25) is 0 Å². The average Bonchev–Trinajstić information content (AvgIpc) is 3.37. The number of carbonyl (C=O) groups is 3. The maximum atomic E-state index is 13.2. The molecule has 2 aliphatic heterocycles. The molecule has 0 bridgehead atoms. The molecule has 0 radical (unpaired) electrons. The predicted octanol–water partition coefficient (Wildman–Crippen LogP) is 2.70. The number of amides is 4. The number of likely N-dealkylation sites (tertiary alicyclic amines) is 1. The summed E-state index contributed by atoms with van der Waals surface area (Å²) in [4.78, 5) is 41.9. The number of ether oxygens (including phenoxy) is 2. The van der Waals surface area contributed by atoms with Crippen LogP contribution in [0, 0.1) is 0 Å². The van der Waals surface area contributed by atoms with E-state index in [9.17, 15) is 14.4 Å². The Morgan fingerprint density at radius 1 is 1.09 bits per heavy atom. The van der Waals surface area contributed by atoms with Crippen LogP contribution in [0.3, 0.4) is 0 Å². The maximum absolute atomic E-state index is 13.2. The zero-order valence-electron chi connectivity index (χ0n) is 19.2. The Morgan fingerprint density at radius 3 is 2.52 bits per heavy atom. The number of urea groups is 1. The van der Waals surface area contributed by atoms with Crippen LogP contribution in [0.4, 0.5) is 4.79 Å². The first-order valence-corrected chi connectivity index (χ1v) is 11.1. The molecule has 2 heterocycles. The van der Waals surface area contributed by atoms with Gasteiger partial charge in [-0.15, -0.1) is 0 Å². The lowest BCUT2D eigenvalue weighted by Gasteiger charge is -2.27. The monoisotopic (exact) mass is 451 g/mol. The van der Waals surface area contributed by atoms with Crippen molar-refractivity contribution < 1.29 is 23.9 Å². The molecule has 0 aromatic heterocycles. The van der Waals surface area contributed by atoms with Gasteiger partial charge < -0.3 is 19.7 Å². The van der Waals surface area contributed by atoms with Gasteiger partial charge in [0.05, 0.1) is 14.2 Å². The highest BCUT2D eigenvalue weighted by molar-refractivity contribution is 6.09. The second kappa shape index (κ2) is 9.13. The number of nitrogens with zero attached hydrogens (tertiary/aromatic N) is 2. The van der Waals surface area contributed by atoms with Gasteiger partial charge in [-0.2, -0.15) is 0 Å². The van der Waals surface area contributed by atoms with Crippen LogP contribution < -0.4 is 14.8 Å². The number of nitrogens with one attached hydrogen (secondary N) is 1. The smallest absolute Gasteiger partial charge is 0.325 e. The minimum atomic E-state index is -1.23. The first-order chi connectivity index (χ1) is 15.9. The van der Waals surface area contributed by atoms with Gasteiger partial charge in [-0.3, -0.25) is 14.5 Å². The van der Waals surface area contributed by atoms with Crippen molar-refractivity contribution >= 4 is 17.8 Å². The lowest BCUT2D eigenvalue weighted by atomic mass is 9.92. The lowest BCUT2D eigenvalue weighted by Crippen LogP contribution is -2.46. The Balaban J connectivity index is 1.45. The maximum Gasteiger partial charge on any atom is 0.325 e. The fourth-order valence-corrected chi connectivity index (χ4v) is 4.63. The van der Waals surface area contributed by atoms with E-state index in [4.69, 9.17) is 9.47 Å². The molecule has 2 aromatic rings. The third kappa shape index (κ3) is 4.37. The molecule has 4 rings (SSSR count). The van der Waals surface area contributed by atoms with E-state index in [-0.39, 0.29) is 18.5 Å². The van der Waals surface area contributed by atoms with Gasteiger partial charge in [0.25, 0.3) is 5.91 Å². The van der Waals surface area contributed by atoms with Crippen molar-refractivity contribution in [2.75, 3.05) is 27.3 Å². The summed E-state index contributed by atoms with van der Waals surface area (Å²) in [6, 6.07) is 14.2. The Hall–Kier alpha value is -3.55. The van der Waals surface area contributed by atoms with Gasteiger partial charge in [0.15, 0.2) is 0 Å². The average molecular weight is 452 g/mol. The zero-order chi connectivity index (χ0) is 23.6.